The molecule has 1 atom stereocenters. The summed E-state index contributed by atoms with van der Waals surface area (Å²) in [5.41, 5.74) is 4.69. The Bertz CT molecular complexity index is 754. The van der Waals surface area contributed by atoms with Gasteiger partial charge in [0.15, 0.2) is 5.11 Å². The SMILES string of the molecule is Cc1ccccc1NC(=S)N(Cc1ccc(N(C)C)cc1)C[C@@H]1CCCO1. The Morgan fingerprint density at radius 1 is 1.15 bits per heavy atom. The van der Waals surface area contributed by atoms with Gasteiger partial charge in [-0.25, -0.2) is 0 Å². The first-order valence-corrected chi connectivity index (χ1v) is 9.93. The third-order valence-corrected chi connectivity index (χ3v) is 5.31. The van der Waals surface area contributed by atoms with Crippen molar-refractivity contribution in [3.63, 3.8) is 0 Å². The molecule has 1 fully saturated rings. The molecular formula is C22H29N3OS. The molecule has 0 radical (unpaired) electrons. The number of hydrogen-bond acceptors (Lipinski definition) is 3. The lowest BCUT2D eigenvalue weighted by Gasteiger charge is -2.29. The van der Waals surface area contributed by atoms with Crippen molar-refractivity contribution in [1.29, 1.82) is 0 Å². The highest BCUT2D eigenvalue weighted by Crippen LogP contribution is 2.19. The van der Waals surface area contributed by atoms with Gasteiger partial charge >= 0.3 is 0 Å². The van der Waals surface area contributed by atoms with Crippen molar-refractivity contribution in [2.24, 2.45) is 0 Å². The molecule has 3 rings (SSSR count). The summed E-state index contributed by atoms with van der Waals surface area (Å²) in [7, 11) is 4.11. The Morgan fingerprint density at radius 3 is 2.52 bits per heavy atom. The second-order valence-electron chi connectivity index (χ2n) is 7.32. The van der Waals surface area contributed by atoms with Gasteiger partial charge in [0.2, 0.25) is 0 Å². The van der Waals surface area contributed by atoms with Crippen LogP contribution in [0, 0.1) is 6.92 Å². The number of ether oxygens (including phenoxy) is 1. The van der Waals surface area contributed by atoms with Crippen molar-refractivity contribution >= 4 is 28.7 Å². The maximum atomic E-state index is 5.86. The summed E-state index contributed by atoms with van der Waals surface area (Å²) >= 11 is 5.77. The van der Waals surface area contributed by atoms with Crippen LogP contribution in [0.25, 0.3) is 0 Å². The highest BCUT2D eigenvalue weighted by atomic mass is 32.1. The molecular weight excluding hydrogens is 354 g/mol. The molecule has 1 aliphatic heterocycles. The van der Waals surface area contributed by atoms with E-state index in [4.69, 9.17) is 17.0 Å². The Hall–Kier alpha value is -2.11. The number of thiocarbonyl (C=S) groups is 1. The van der Waals surface area contributed by atoms with Gasteiger partial charge in [-0.2, -0.15) is 0 Å². The van der Waals surface area contributed by atoms with Gasteiger partial charge in [-0.15, -0.1) is 0 Å². The summed E-state index contributed by atoms with van der Waals surface area (Å²) in [6.45, 7) is 4.53. The first kappa shape index (κ1) is 19.6. The minimum absolute atomic E-state index is 0.252. The molecule has 144 valence electrons. The molecule has 0 bridgehead atoms. The van der Waals surface area contributed by atoms with Crippen molar-refractivity contribution < 1.29 is 4.74 Å². The molecule has 0 unspecified atom stereocenters. The Kier molecular flexibility index (Phi) is 6.69. The second-order valence-corrected chi connectivity index (χ2v) is 7.71. The fourth-order valence-corrected chi connectivity index (χ4v) is 3.53. The molecule has 0 aromatic heterocycles. The summed E-state index contributed by atoms with van der Waals surface area (Å²) in [5.74, 6) is 0. The quantitative estimate of drug-likeness (QED) is 0.745. The molecule has 1 N–H and O–H groups in total. The van der Waals surface area contributed by atoms with Gasteiger partial charge in [-0.1, -0.05) is 30.3 Å². The van der Waals surface area contributed by atoms with E-state index in [9.17, 15) is 0 Å². The number of nitrogens with one attached hydrogen (secondary N) is 1. The van der Waals surface area contributed by atoms with Crippen LogP contribution in [0.3, 0.4) is 0 Å². The maximum absolute atomic E-state index is 5.86. The molecule has 1 saturated heterocycles. The molecule has 0 saturated carbocycles. The number of rotatable bonds is 6. The number of aryl methyl sites for hydroxylation is 1. The van der Waals surface area contributed by atoms with Gasteiger partial charge in [0.05, 0.1) is 6.10 Å². The van der Waals surface area contributed by atoms with Crippen LogP contribution in [0.15, 0.2) is 48.5 Å². The Balaban J connectivity index is 1.73. The zero-order valence-electron chi connectivity index (χ0n) is 16.4. The van der Waals surface area contributed by atoms with Crippen molar-refractivity contribution in [3.8, 4) is 0 Å². The van der Waals surface area contributed by atoms with E-state index in [-0.39, 0.29) is 6.10 Å². The van der Waals surface area contributed by atoms with E-state index in [0.29, 0.717) is 0 Å². The largest absolute Gasteiger partial charge is 0.378 e. The van der Waals surface area contributed by atoms with Crippen LogP contribution >= 0.6 is 12.2 Å². The number of anilines is 2. The first-order valence-electron chi connectivity index (χ1n) is 9.52. The van der Waals surface area contributed by atoms with Crippen LogP contribution in [-0.2, 0) is 11.3 Å². The van der Waals surface area contributed by atoms with Crippen LogP contribution in [-0.4, -0.2) is 43.4 Å². The average molecular weight is 384 g/mol. The standard InChI is InChI=1S/C22H29N3OS/c1-17-7-4-5-9-21(17)23-22(27)25(16-20-8-6-14-26-20)15-18-10-12-19(13-11-18)24(2)3/h4-5,7,9-13,20H,6,8,14-16H2,1-3H3,(H,23,27)/t20-/m0/s1. The van der Waals surface area contributed by atoms with Gasteiger partial charge in [0, 0.05) is 45.2 Å². The molecule has 27 heavy (non-hydrogen) atoms. The van der Waals surface area contributed by atoms with Crippen molar-refractivity contribution in [3.05, 3.63) is 59.7 Å². The zero-order valence-corrected chi connectivity index (χ0v) is 17.3. The minimum Gasteiger partial charge on any atom is -0.378 e. The van der Waals surface area contributed by atoms with Gasteiger partial charge < -0.3 is 19.9 Å². The summed E-state index contributed by atoms with van der Waals surface area (Å²) < 4.78 is 5.86. The van der Waals surface area contributed by atoms with Crippen LogP contribution in [0.1, 0.15) is 24.0 Å². The monoisotopic (exact) mass is 383 g/mol. The Morgan fingerprint density at radius 2 is 1.89 bits per heavy atom. The second kappa shape index (κ2) is 9.20. The maximum Gasteiger partial charge on any atom is 0.173 e. The van der Waals surface area contributed by atoms with E-state index in [2.05, 4.69) is 72.5 Å². The van der Waals surface area contributed by atoms with Crippen LogP contribution in [0.4, 0.5) is 11.4 Å². The van der Waals surface area contributed by atoms with Crippen LogP contribution < -0.4 is 10.2 Å². The van der Waals surface area contributed by atoms with E-state index in [0.717, 1.165) is 43.3 Å². The predicted octanol–water partition coefficient (Wildman–Crippen LogP) is 4.44. The molecule has 4 nitrogen and oxygen atoms in total. The number of hydrogen-bond donors (Lipinski definition) is 1. The van der Waals surface area contributed by atoms with Gasteiger partial charge in [-0.05, 0) is 61.3 Å². The van der Waals surface area contributed by atoms with E-state index >= 15 is 0 Å². The van der Waals surface area contributed by atoms with E-state index < -0.39 is 0 Å². The zero-order chi connectivity index (χ0) is 19.2. The Labute approximate surface area is 168 Å². The van der Waals surface area contributed by atoms with Gasteiger partial charge in [-0.3, -0.25) is 0 Å². The number of para-hydroxylation sites is 1. The molecule has 2 aromatic carbocycles. The summed E-state index contributed by atoms with van der Waals surface area (Å²) in [6.07, 6.45) is 2.49. The lowest BCUT2D eigenvalue weighted by atomic mass is 10.1. The summed E-state index contributed by atoms with van der Waals surface area (Å²) in [6, 6.07) is 16.9. The van der Waals surface area contributed by atoms with Crippen LogP contribution in [0.5, 0.6) is 0 Å². The lowest BCUT2D eigenvalue weighted by molar-refractivity contribution is 0.0905. The molecule has 1 aliphatic rings. The molecule has 0 aliphatic carbocycles. The average Bonchev–Trinajstić information content (AvgIpc) is 3.16. The van der Waals surface area contributed by atoms with E-state index in [1.807, 2.05) is 12.1 Å². The fourth-order valence-electron chi connectivity index (χ4n) is 3.28. The molecule has 5 heteroatoms. The normalized spacial score (nSPS) is 16.2. The topological polar surface area (TPSA) is 27.7 Å². The fraction of sp³-hybridized carbons (Fsp3) is 0.409. The molecule has 0 spiro atoms. The smallest absolute Gasteiger partial charge is 0.173 e. The van der Waals surface area contributed by atoms with E-state index in [1.165, 1.54) is 16.8 Å². The predicted molar refractivity (Wildman–Crippen MR) is 118 cm³/mol. The van der Waals surface area contributed by atoms with E-state index in [1.54, 1.807) is 0 Å². The van der Waals surface area contributed by atoms with Crippen molar-refractivity contribution in [2.75, 3.05) is 37.5 Å². The van der Waals surface area contributed by atoms with Crippen LogP contribution in [0.2, 0.25) is 0 Å². The molecule has 2 aromatic rings. The summed E-state index contributed by atoms with van der Waals surface area (Å²) in [5, 5.41) is 4.17. The number of benzene rings is 2. The van der Waals surface area contributed by atoms with Crippen molar-refractivity contribution in [1.82, 2.24) is 4.90 Å². The number of nitrogens with zero attached hydrogens (tertiary/aromatic N) is 2. The van der Waals surface area contributed by atoms with Gasteiger partial charge in [0.25, 0.3) is 0 Å². The first-order chi connectivity index (χ1) is 13.0. The summed E-state index contributed by atoms with van der Waals surface area (Å²) in [4.78, 5) is 4.33. The van der Waals surface area contributed by atoms with Gasteiger partial charge in [0.1, 0.15) is 0 Å². The highest BCUT2D eigenvalue weighted by Gasteiger charge is 2.21. The third-order valence-electron chi connectivity index (χ3n) is 4.95. The minimum atomic E-state index is 0.252. The third kappa shape index (κ3) is 5.44. The highest BCUT2D eigenvalue weighted by molar-refractivity contribution is 7.80. The van der Waals surface area contributed by atoms with Crippen molar-refractivity contribution in [2.45, 2.75) is 32.4 Å². The lowest BCUT2D eigenvalue weighted by Crippen LogP contribution is -2.39. The molecule has 1 heterocycles. The molecule has 0 amide bonds.